The van der Waals surface area contributed by atoms with Gasteiger partial charge in [0, 0.05) is 0 Å². The molecule has 1 aliphatic rings. The lowest BCUT2D eigenvalue weighted by molar-refractivity contribution is 0.901. The second-order valence-corrected chi connectivity index (χ2v) is 10.4. The minimum absolute atomic E-state index is 0.0639. The van der Waals surface area contributed by atoms with Crippen LogP contribution in [-0.4, -0.2) is 4.57 Å². The van der Waals surface area contributed by atoms with Crippen molar-refractivity contribution in [2.45, 2.75) is 5.92 Å². The van der Waals surface area contributed by atoms with E-state index >= 15 is 0 Å². The number of allylic oxidation sites excluding steroid dienone is 1. The number of hydrogen-bond acceptors (Lipinski definition) is 5. The normalized spacial score (nSPS) is 14.9. The van der Waals surface area contributed by atoms with Gasteiger partial charge < -0.3 is 5.73 Å². The smallest absolute Gasteiger partial charge is 0.313 e. The Morgan fingerprint density at radius 2 is 1.20 bits per heavy atom. The molecule has 6 rings (SSSR count). The van der Waals surface area contributed by atoms with E-state index in [1.807, 2.05) is 103 Å². The highest BCUT2D eigenvalue weighted by Gasteiger charge is 2.32. The molecule has 0 fully saturated rings. The Bertz CT molecular complexity index is 2020. The van der Waals surface area contributed by atoms with Crippen LogP contribution in [0.25, 0.3) is 39.7 Å². The summed E-state index contributed by atoms with van der Waals surface area (Å²) in [5, 5.41) is 20.9. The van der Waals surface area contributed by atoms with E-state index in [0.717, 1.165) is 44.7 Å². The van der Waals surface area contributed by atoms with Gasteiger partial charge in [-0.05, 0) is 39.5 Å². The van der Waals surface area contributed by atoms with Crippen LogP contribution in [0, 0.1) is 22.7 Å². The van der Waals surface area contributed by atoms with E-state index < -0.39 is 5.92 Å². The van der Waals surface area contributed by atoms with E-state index in [-0.39, 0.29) is 16.3 Å². The van der Waals surface area contributed by atoms with Crippen LogP contribution >= 0.6 is 11.3 Å². The van der Waals surface area contributed by atoms with Gasteiger partial charge >= 0.3 is 4.87 Å². The molecule has 5 nitrogen and oxygen atoms in total. The van der Waals surface area contributed by atoms with Crippen molar-refractivity contribution in [2.24, 2.45) is 5.73 Å². The molecule has 0 amide bonds. The zero-order valence-electron chi connectivity index (χ0n) is 21.3. The Balaban J connectivity index is 1.50. The Hall–Kier alpha value is -5.43. The molecule has 40 heavy (non-hydrogen) atoms. The average Bonchev–Trinajstić information content (AvgIpc) is 3.34. The summed E-state index contributed by atoms with van der Waals surface area (Å²) in [6.07, 6.45) is 1.89. The molecular formula is C34H22N4OS. The maximum Gasteiger partial charge on any atom is 0.313 e. The van der Waals surface area contributed by atoms with Gasteiger partial charge in [0.15, 0.2) is 0 Å². The molecule has 2 heterocycles. The van der Waals surface area contributed by atoms with E-state index in [9.17, 15) is 15.3 Å². The lowest BCUT2D eigenvalue weighted by Gasteiger charge is -2.23. The summed E-state index contributed by atoms with van der Waals surface area (Å²) in [7, 11) is 0. The number of hydrogen-bond donors (Lipinski definition) is 1. The minimum Gasteiger partial charge on any atom is -0.384 e. The second kappa shape index (κ2) is 10.4. The van der Waals surface area contributed by atoms with E-state index in [1.165, 1.54) is 4.57 Å². The summed E-state index contributed by atoms with van der Waals surface area (Å²) >= 11 is 1.01. The molecule has 0 saturated carbocycles. The molecule has 0 spiro atoms. The van der Waals surface area contributed by atoms with Crippen LogP contribution in [0.15, 0.2) is 120 Å². The van der Waals surface area contributed by atoms with Gasteiger partial charge in [-0.2, -0.15) is 10.5 Å². The fourth-order valence-corrected chi connectivity index (χ4v) is 6.10. The molecule has 1 aromatic heterocycles. The first kappa shape index (κ1) is 24.9. The van der Waals surface area contributed by atoms with Gasteiger partial charge in [0.2, 0.25) is 0 Å². The fourth-order valence-electron chi connectivity index (χ4n) is 5.13. The van der Waals surface area contributed by atoms with Crippen LogP contribution < -0.4 is 20.5 Å². The summed E-state index contributed by atoms with van der Waals surface area (Å²) in [5.74, 6) is -0.615. The summed E-state index contributed by atoms with van der Waals surface area (Å²) in [6, 6.07) is 40.4. The van der Waals surface area contributed by atoms with Gasteiger partial charge in [-0.3, -0.25) is 9.36 Å². The predicted octanol–water partition coefficient (Wildman–Crippen LogP) is 5.20. The van der Waals surface area contributed by atoms with Crippen LogP contribution in [0.4, 0.5) is 0 Å². The van der Waals surface area contributed by atoms with Crippen molar-refractivity contribution in [1.29, 1.82) is 10.5 Å². The van der Waals surface area contributed by atoms with Crippen LogP contribution in [0.3, 0.4) is 0 Å². The minimum atomic E-state index is -0.679. The van der Waals surface area contributed by atoms with E-state index in [2.05, 4.69) is 24.3 Å². The summed E-state index contributed by atoms with van der Waals surface area (Å²) in [5.41, 5.74) is 12.9. The molecule has 0 radical (unpaired) electrons. The highest BCUT2D eigenvalue weighted by molar-refractivity contribution is 7.07. The van der Waals surface area contributed by atoms with Gasteiger partial charge in [-0.25, -0.2) is 0 Å². The number of nitrogens with two attached hydrogens (primary N) is 1. The van der Waals surface area contributed by atoms with Crippen LogP contribution in [0.2, 0.25) is 0 Å². The summed E-state index contributed by atoms with van der Waals surface area (Å²) < 4.78 is 1.93. The van der Waals surface area contributed by atoms with Crippen molar-refractivity contribution in [3.8, 4) is 34.4 Å². The maximum absolute atomic E-state index is 13.1. The molecular weight excluding hydrogens is 512 g/mol. The number of nitriles is 2. The van der Waals surface area contributed by atoms with Gasteiger partial charge in [0.05, 0.1) is 39.1 Å². The number of aromatic nitrogens is 1. The SMILES string of the molecule is N#CC1=C(N)n2c(=O)s/c(=C\c3ccc(-c4ccccc4)cc3)c2=C(C#N)[C@@H]1c1ccc(-c2ccccc2)cc1. The highest BCUT2D eigenvalue weighted by atomic mass is 32.1. The third-order valence-electron chi connectivity index (χ3n) is 7.09. The zero-order chi connectivity index (χ0) is 27.6. The number of nitrogens with zero attached hydrogens (tertiary/aromatic N) is 3. The Kier molecular flexibility index (Phi) is 6.46. The lowest BCUT2D eigenvalue weighted by atomic mass is 9.83. The number of thiazole rings is 1. The fraction of sp³-hybridized carbons (Fsp3) is 0.0294. The molecule has 6 heteroatoms. The van der Waals surface area contributed by atoms with Gasteiger partial charge in [-0.15, -0.1) is 0 Å². The van der Waals surface area contributed by atoms with E-state index in [0.29, 0.717) is 15.5 Å². The number of benzene rings is 4. The summed E-state index contributed by atoms with van der Waals surface area (Å²) in [6.45, 7) is 0. The van der Waals surface area contributed by atoms with Crippen molar-refractivity contribution in [3.63, 3.8) is 0 Å². The molecule has 0 unspecified atom stereocenters. The lowest BCUT2D eigenvalue weighted by Crippen LogP contribution is -2.41. The van der Waals surface area contributed by atoms with Crippen molar-refractivity contribution < 1.29 is 0 Å². The van der Waals surface area contributed by atoms with Crippen molar-refractivity contribution in [3.05, 3.63) is 145 Å². The molecule has 2 N–H and O–H groups in total. The molecule has 5 aromatic rings. The molecule has 0 aliphatic carbocycles. The summed E-state index contributed by atoms with van der Waals surface area (Å²) in [4.78, 5) is 12.8. The number of fused-ring (bicyclic) bond motifs is 1. The number of rotatable bonds is 4. The van der Waals surface area contributed by atoms with Crippen molar-refractivity contribution >= 4 is 28.8 Å². The Morgan fingerprint density at radius 1 is 0.700 bits per heavy atom. The third-order valence-corrected chi connectivity index (χ3v) is 7.98. The monoisotopic (exact) mass is 534 g/mol. The van der Waals surface area contributed by atoms with Gasteiger partial charge in [-0.1, -0.05) is 121 Å². The van der Waals surface area contributed by atoms with Gasteiger partial charge in [0.25, 0.3) is 0 Å². The van der Waals surface area contributed by atoms with Crippen LogP contribution in [0.5, 0.6) is 0 Å². The van der Waals surface area contributed by atoms with Crippen molar-refractivity contribution in [1.82, 2.24) is 4.57 Å². The van der Waals surface area contributed by atoms with Crippen molar-refractivity contribution in [2.75, 3.05) is 0 Å². The molecule has 190 valence electrons. The topological polar surface area (TPSA) is 95.6 Å². The Morgan fingerprint density at radius 3 is 1.73 bits per heavy atom. The molecule has 0 bridgehead atoms. The molecule has 4 aromatic carbocycles. The van der Waals surface area contributed by atoms with E-state index in [4.69, 9.17) is 5.73 Å². The maximum atomic E-state index is 13.1. The average molecular weight is 535 g/mol. The molecule has 0 saturated heterocycles. The van der Waals surface area contributed by atoms with E-state index in [1.54, 1.807) is 0 Å². The first-order valence-corrected chi connectivity index (χ1v) is 13.5. The predicted molar refractivity (Wildman–Crippen MR) is 160 cm³/mol. The highest BCUT2D eigenvalue weighted by Crippen LogP contribution is 2.36. The molecule has 1 aliphatic heterocycles. The Labute approximate surface area is 234 Å². The third kappa shape index (κ3) is 4.33. The second-order valence-electron chi connectivity index (χ2n) is 9.41. The van der Waals surface area contributed by atoms with Crippen LogP contribution in [-0.2, 0) is 0 Å². The zero-order valence-corrected chi connectivity index (χ0v) is 22.1. The van der Waals surface area contributed by atoms with Crippen LogP contribution in [0.1, 0.15) is 17.0 Å². The standard InChI is InChI=1S/C34H22N4OS/c35-20-28-31(27-17-15-26(16-18-27)24-9-5-2-6-10-24)29(21-36)33(37)38-32(28)30(40-34(38)39)19-22-11-13-25(14-12-22)23-7-3-1-4-8-23/h1-19,31H,37H2/b30-19-/t31-/m0/s1. The first-order valence-electron chi connectivity index (χ1n) is 12.7. The molecule has 1 atom stereocenters. The quantitative estimate of drug-likeness (QED) is 0.343. The van der Waals surface area contributed by atoms with Gasteiger partial charge in [0.1, 0.15) is 5.82 Å². The largest absolute Gasteiger partial charge is 0.384 e. The first-order chi connectivity index (χ1) is 19.6.